The molecular weight excluding hydrogens is 330 g/mol. The Morgan fingerprint density at radius 2 is 1.69 bits per heavy atom. The molecule has 2 fully saturated rings. The molecule has 26 heavy (non-hydrogen) atoms. The lowest BCUT2D eigenvalue weighted by Crippen LogP contribution is -2.50. The molecule has 2 N–H and O–H groups in total. The first kappa shape index (κ1) is 20.7. The highest BCUT2D eigenvalue weighted by Crippen LogP contribution is 2.20. The molecule has 0 aromatic carbocycles. The van der Waals surface area contributed by atoms with Gasteiger partial charge in [0.25, 0.3) is 0 Å². The van der Waals surface area contributed by atoms with Gasteiger partial charge in [0.1, 0.15) is 0 Å². The van der Waals surface area contributed by atoms with Gasteiger partial charge in [-0.25, -0.2) is 0 Å². The van der Waals surface area contributed by atoms with Crippen molar-refractivity contribution >= 4 is 17.8 Å². The van der Waals surface area contributed by atoms with E-state index in [1.54, 1.807) is 0 Å². The van der Waals surface area contributed by atoms with Crippen LogP contribution in [0.5, 0.6) is 0 Å². The van der Waals surface area contributed by atoms with Crippen molar-refractivity contribution in [3.63, 3.8) is 0 Å². The van der Waals surface area contributed by atoms with E-state index in [0.717, 1.165) is 25.6 Å². The number of carbonyl (C=O) groups excluding carboxylic acids is 2. The average molecular weight is 366 g/mol. The number of likely N-dealkylation sites (tertiary alicyclic amines) is 2. The van der Waals surface area contributed by atoms with E-state index >= 15 is 0 Å². The van der Waals surface area contributed by atoms with Crippen LogP contribution < -0.4 is 10.6 Å². The minimum absolute atomic E-state index is 0.0293. The predicted octanol–water partition coefficient (Wildman–Crippen LogP) is 1.35. The van der Waals surface area contributed by atoms with E-state index < -0.39 is 0 Å². The molecule has 0 bridgehead atoms. The largest absolute Gasteiger partial charge is 0.357 e. The second-order valence-electron chi connectivity index (χ2n) is 7.77. The summed E-state index contributed by atoms with van der Waals surface area (Å²) in [4.78, 5) is 32.4. The number of hydrogen-bond donors (Lipinski definition) is 2. The third-order valence-corrected chi connectivity index (χ3v) is 5.19. The summed E-state index contributed by atoms with van der Waals surface area (Å²) in [6, 6.07) is 0. The number of hydrogen-bond acceptors (Lipinski definition) is 4. The van der Waals surface area contributed by atoms with Gasteiger partial charge in [0.2, 0.25) is 11.8 Å². The summed E-state index contributed by atoms with van der Waals surface area (Å²) in [6.45, 7) is 11.2. The maximum Gasteiger partial charge on any atom is 0.229 e. The number of piperidine rings is 2. The fourth-order valence-electron chi connectivity index (χ4n) is 3.55. The third kappa shape index (κ3) is 5.97. The minimum atomic E-state index is -0.0591. The number of guanidine groups is 1. The summed E-state index contributed by atoms with van der Waals surface area (Å²) in [6.07, 6.45) is 5.49. The van der Waals surface area contributed by atoms with E-state index in [2.05, 4.69) is 29.4 Å². The maximum atomic E-state index is 11.9. The van der Waals surface area contributed by atoms with Crippen molar-refractivity contribution in [3.05, 3.63) is 0 Å². The fraction of sp³-hybridized carbons (Fsp3) is 0.842. The van der Waals surface area contributed by atoms with E-state index in [-0.39, 0.29) is 17.4 Å². The van der Waals surface area contributed by atoms with Crippen molar-refractivity contribution in [1.82, 2.24) is 20.4 Å². The Bertz CT molecular complexity index is 496. The number of nitrogens with zero attached hydrogens (tertiary/aromatic N) is 3. The van der Waals surface area contributed by atoms with Crippen molar-refractivity contribution in [3.8, 4) is 0 Å². The molecular formula is C19H35N5O2. The zero-order valence-corrected chi connectivity index (χ0v) is 16.6. The van der Waals surface area contributed by atoms with E-state index in [4.69, 9.17) is 4.99 Å². The average Bonchev–Trinajstić information content (AvgIpc) is 2.63. The van der Waals surface area contributed by atoms with Gasteiger partial charge in [-0.3, -0.25) is 24.4 Å². The second-order valence-corrected chi connectivity index (χ2v) is 7.77. The Hall–Kier alpha value is -1.63. The van der Waals surface area contributed by atoms with Gasteiger partial charge >= 0.3 is 0 Å². The molecule has 148 valence electrons. The van der Waals surface area contributed by atoms with Crippen LogP contribution in [0.15, 0.2) is 4.99 Å². The van der Waals surface area contributed by atoms with Gasteiger partial charge in [0.15, 0.2) is 5.96 Å². The number of rotatable bonds is 7. The Morgan fingerprint density at radius 1 is 1.04 bits per heavy atom. The molecule has 0 aliphatic carbocycles. The molecule has 2 aliphatic rings. The van der Waals surface area contributed by atoms with Gasteiger partial charge in [0.05, 0.1) is 6.54 Å². The van der Waals surface area contributed by atoms with Gasteiger partial charge in [-0.15, -0.1) is 0 Å². The SMILES string of the molecule is CCNC(=NCC(C)(C)N1CCCCC1)NCCN1C(=O)CCCC1=O. The maximum absolute atomic E-state index is 11.9. The van der Waals surface area contributed by atoms with Crippen LogP contribution in [-0.4, -0.2) is 72.4 Å². The molecule has 0 radical (unpaired) electrons. The molecule has 0 aromatic rings. The third-order valence-electron chi connectivity index (χ3n) is 5.19. The monoisotopic (exact) mass is 365 g/mol. The summed E-state index contributed by atoms with van der Waals surface area (Å²) in [5, 5.41) is 6.51. The second kappa shape index (κ2) is 9.90. The standard InChI is InChI=1S/C19H35N5O2/c1-4-20-18(21-11-14-24-16(25)9-8-10-17(24)26)22-15-19(2,3)23-12-6-5-7-13-23/h4-15H2,1-3H3,(H2,20,21,22). The molecule has 7 heteroatoms. The first-order valence-corrected chi connectivity index (χ1v) is 10.0. The number of carbonyl (C=O) groups is 2. The fourth-order valence-corrected chi connectivity index (χ4v) is 3.55. The Labute approximate surface area is 157 Å². The van der Waals surface area contributed by atoms with Crippen LogP contribution in [0.3, 0.4) is 0 Å². The summed E-state index contributed by atoms with van der Waals surface area (Å²) in [5.41, 5.74) is 0.0293. The normalized spacial score (nSPS) is 20.4. The lowest BCUT2D eigenvalue weighted by Gasteiger charge is -2.40. The molecule has 7 nitrogen and oxygen atoms in total. The van der Waals surface area contributed by atoms with Crippen LogP contribution in [0.2, 0.25) is 0 Å². The van der Waals surface area contributed by atoms with Crippen molar-refractivity contribution in [1.29, 1.82) is 0 Å². The minimum Gasteiger partial charge on any atom is -0.357 e. The van der Waals surface area contributed by atoms with Crippen LogP contribution in [0, 0.1) is 0 Å². The molecule has 0 unspecified atom stereocenters. The van der Waals surface area contributed by atoms with E-state index in [1.165, 1.54) is 24.2 Å². The summed E-state index contributed by atoms with van der Waals surface area (Å²) in [7, 11) is 0. The summed E-state index contributed by atoms with van der Waals surface area (Å²) >= 11 is 0. The van der Waals surface area contributed by atoms with Crippen molar-refractivity contribution in [2.24, 2.45) is 4.99 Å². The van der Waals surface area contributed by atoms with Gasteiger partial charge in [-0.1, -0.05) is 6.42 Å². The van der Waals surface area contributed by atoms with Crippen molar-refractivity contribution in [2.45, 2.75) is 64.8 Å². The molecule has 2 rings (SSSR count). The summed E-state index contributed by atoms with van der Waals surface area (Å²) < 4.78 is 0. The molecule has 0 spiro atoms. The van der Waals surface area contributed by atoms with Gasteiger partial charge in [-0.2, -0.15) is 0 Å². The van der Waals surface area contributed by atoms with Crippen LogP contribution in [0.4, 0.5) is 0 Å². The van der Waals surface area contributed by atoms with E-state index in [0.29, 0.717) is 38.9 Å². The topological polar surface area (TPSA) is 77.0 Å². The molecule has 2 saturated heterocycles. The first-order valence-electron chi connectivity index (χ1n) is 10.0. The van der Waals surface area contributed by atoms with Gasteiger partial charge < -0.3 is 10.6 Å². The highest BCUT2D eigenvalue weighted by atomic mass is 16.2. The van der Waals surface area contributed by atoms with Gasteiger partial charge in [0, 0.05) is 38.0 Å². The molecule has 0 atom stereocenters. The molecule has 2 heterocycles. The Kier molecular flexibility index (Phi) is 7.87. The number of nitrogens with one attached hydrogen (secondary N) is 2. The Balaban J connectivity index is 1.85. The molecule has 0 aromatic heterocycles. The van der Waals surface area contributed by atoms with E-state index in [1.807, 2.05) is 6.92 Å². The first-order chi connectivity index (χ1) is 12.4. The van der Waals surface area contributed by atoms with Crippen molar-refractivity contribution < 1.29 is 9.59 Å². The number of amides is 2. The van der Waals surface area contributed by atoms with Crippen LogP contribution in [0.25, 0.3) is 0 Å². The highest BCUT2D eigenvalue weighted by molar-refractivity contribution is 5.97. The zero-order chi connectivity index (χ0) is 19.0. The number of imide groups is 1. The Morgan fingerprint density at radius 3 is 2.31 bits per heavy atom. The van der Waals surface area contributed by atoms with Crippen LogP contribution in [0.1, 0.15) is 59.3 Å². The molecule has 2 aliphatic heterocycles. The zero-order valence-electron chi connectivity index (χ0n) is 16.6. The van der Waals surface area contributed by atoms with E-state index in [9.17, 15) is 9.59 Å². The highest BCUT2D eigenvalue weighted by Gasteiger charge is 2.28. The quantitative estimate of drug-likeness (QED) is 0.405. The van der Waals surface area contributed by atoms with Crippen molar-refractivity contribution in [2.75, 3.05) is 39.3 Å². The molecule has 2 amide bonds. The lowest BCUT2D eigenvalue weighted by molar-refractivity contribution is -0.147. The lowest BCUT2D eigenvalue weighted by atomic mass is 9.99. The summed E-state index contributed by atoms with van der Waals surface area (Å²) in [5.74, 6) is 0.627. The smallest absolute Gasteiger partial charge is 0.229 e. The van der Waals surface area contributed by atoms with Gasteiger partial charge in [-0.05, 0) is 53.1 Å². The number of aliphatic imine (C=N–C) groups is 1. The van der Waals surface area contributed by atoms with Crippen LogP contribution in [-0.2, 0) is 9.59 Å². The molecule has 0 saturated carbocycles. The van der Waals surface area contributed by atoms with Crippen LogP contribution >= 0.6 is 0 Å². The predicted molar refractivity (Wildman–Crippen MR) is 104 cm³/mol.